The molecule has 0 radical (unpaired) electrons. The van der Waals surface area contributed by atoms with Crippen LogP contribution in [0.5, 0.6) is 5.75 Å². The third-order valence-corrected chi connectivity index (χ3v) is 5.24. The maximum absolute atomic E-state index is 12.7. The number of hydrogen-bond acceptors (Lipinski definition) is 3. The second-order valence-electron chi connectivity index (χ2n) is 7.12. The van der Waals surface area contributed by atoms with E-state index in [1.807, 2.05) is 47.1 Å². The number of carbonyl (C=O) groups is 2. The lowest BCUT2D eigenvalue weighted by atomic mass is 10.0. The number of para-hydroxylation sites is 1. The molecule has 2 saturated heterocycles. The lowest BCUT2D eigenvalue weighted by molar-refractivity contribution is -0.140. The van der Waals surface area contributed by atoms with Crippen molar-refractivity contribution in [3.63, 3.8) is 0 Å². The summed E-state index contributed by atoms with van der Waals surface area (Å²) >= 11 is 0. The summed E-state index contributed by atoms with van der Waals surface area (Å²) in [6, 6.07) is 9.90. The lowest BCUT2D eigenvalue weighted by Crippen LogP contribution is -2.51. The van der Waals surface area contributed by atoms with Gasteiger partial charge >= 0.3 is 0 Å². The van der Waals surface area contributed by atoms with Gasteiger partial charge in [-0.15, -0.1) is 0 Å². The SMILES string of the molecule is CC(CCOc1ccccc1)C(=O)N1CCCC(N2CCCC2=O)C1. The van der Waals surface area contributed by atoms with Gasteiger partial charge in [0.25, 0.3) is 0 Å². The van der Waals surface area contributed by atoms with Crippen molar-refractivity contribution >= 4 is 11.8 Å². The van der Waals surface area contributed by atoms with Crippen molar-refractivity contribution in [1.82, 2.24) is 9.80 Å². The van der Waals surface area contributed by atoms with Crippen LogP contribution < -0.4 is 4.74 Å². The fourth-order valence-corrected chi connectivity index (χ4v) is 3.77. The van der Waals surface area contributed by atoms with Gasteiger partial charge in [-0.25, -0.2) is 0 Å². The largest absolute Gasteiger partial charge is 0.494 e. The van der Waals surface area contributed by atoms with Crippen LogP contribution in [0.1, 0.15) is 39.0 Å². The summed E-state index contributed by atoms with van der Waals surface area (Å²) in [4.78, 5) is 28.7. The average molecular weight is 344 g/mol. The van der Waals surface area contributed by atoms with E-state index in [4.69, 9.17) is 4.74 Å². The molecule has 2 heterocycles. The van der Waals surface area contributed by atoms with Crippen LogP contribution in [-0.4, -0.2) is 53.9 Å². The number of nitrogens with zero attached hydrogens (tertiary/aromatic N) is 2. The number of amides is 2. The second kappa shape index (κ2) is 8.37. The summed E-state index contributed by atoms with van der Waals surface area (Å²) in [5.41, 5.74) is 0. The first-order chi connectivity index (χ1) is 12.1. The van der Waals surface area contributed by atoms with E-state index in [0.29, 0.717) is 26.0 Å². The molecule has 0 N–H and O–H groups in total. The fourth-order valence-electron chi connectivity index (χ4n) is 3.77. The predicted octanol–water partition coefficient (Wildman–Crippen LogP) is 2.71. The van der Waals surface area contributed by atoms with Crippen LogP contribution in [0.2, 0.25) is 0 Å². The zero-order valence-corrected chi connectivity index (χ0v) is 15.0. The van der Waals surface area contributed by atoms with Crippen molar-refractivity contribution in [3.05, 3.63) is 30.3 Å². The molecule has 2 fully saturated rings. The summed E-state index contributed by atoms with van der Waals surface area (Å²) in [6.07, 6.45) is 4.32. The van der Waals surface area contributed by atoms with Crippen molar-refractivity contribution in [1.29, 1.82) is 0 Å². The number of benzene rings is 1. The van der Waals surface area contributed by atoms with Gasteiger partial charge in [0.05, 0.1) is 6.61 Å². The highest BCUT2D eigenvalue weighted by Crippen LogP contribution is 2.23. The van der Waals surface area contributed by atoms with E-state index in [1.165, 1.54) is 0 Å². The predicted molar refractivity (Wildman–Crippen MR) is 96.3 cm³/mol. The fraction of sp³-hybridized carbons (Fsp3) is 0.600. The van der Waals surface area contributed by atoms with Gasteiger partial charge < -0.3 is 14.5 Å². The van der Waals surface area contributed by atoms with E-state index in [2.05, 4.69) is 0 Å². The van der Waals surface area contributed by atoms with Gasteiger partial charge in [0.2, 0.25) is 11.8 Å². The summed E-state index contributed by atoms with van der Waals surface area (Å²) in [5, 5.41) is 0. The van der Waals surface area contributed by atoms with Crippen LogP contribution in [0.3, 0.4) is 0 Å². The molecule has 0 spiro atoms. The Bertz CT molecular complexity index is 590. The minimum Gasteiger partial charge on any atom is -0.494 e. The molecule has 0 aromatic heterocycles. The standard InChI is InChI=1S/C20H28N2O3/c1-16(11-14-25-18-8-3-2-4-9-18)20(24)21-12-5-7-17(15-21)22-13-6-10-19(22)23/h2-4,8-9,16-17H,5-7,10-15H2,1H3. The van der Waals surface area contributed by atoms with Crippen LogP contribution >= 0.6 is 0 Å². The highest BCUT2D eigenvalue weighted by atomic mass is 16.5. The van der Waals surface area contributed by atoms with E-state index >= 15 is 0 Å². The molecule has 2 atom stereocenters. The second-order valence-corrected chi connectivity index (χ2v) is 7.12. The number of ether oxygens (including phenoxy) is 1. The molecule has 5 heteroatoms. The minimum absolute atomic E-state index is 0.0586. The molecule has 2 aliphatic heterocycles. The van der Waals surface area contributed by atoms with Crippen LogP contribution in [0, 0.1) is 5.92 Å². The van der Waals surface area contributed by atoms with Crippen molar-refractivity contribution in [2.45, 2.75) is 45.1 Å². The molecule has 0 saturated carbocycles. The molecule has 1 aromatic carbocycles. The molecule has 5 nitrogen and oxygen atoms in total. The number of carbonyl (C=O) groups excluding carboxylic acids is 2. The van der Waals surface area contributed by atoms with Crippen molar-refractivity contribution in [2.75, 3.05) is 26.2 Å². The van der Waals surface area contributed by atoms with E-state index in [1.54, 1.807) is 0 Å². The quantitative estimate of drug-likeness (QED) is 0.797. The Kier molecular flexibility index (Phi) is 5.95. The molecular formula is C20H28N2O3. The third kappa shape index (κ3) is 4.53. The Morgan fingerprint density at radius 1 is 1.24 bits per heavy atom. The van der Waals surface area contributed by atoms with Gasteiger partial charge in [-0.3, -0.25) is 9.59 Å². The Balaban J connectivity index is 1.47. The summed E-state index contributed by atoms with van der Waals surface area (Å²) in [7, 11) is 0. The topological polar surface area (TPSA) is 49.9 Å². The molecule has 0 bridgehead atoms. The number of hydrogen-bond donors (Lipinski definition) is 0. The van der Waals surface area contributed by atoms with Gasteiger partial charge in [0, 0.05) is 38.0 Å². The van der Waals surface area contributed by atoms with Crippen molar-refractivity contribution in [3.8, 4) is 5.75 Å². The molecule has 1 aromatic rings. The Hall–Kier alpha value is -2.04. The molecule has 3 rings (SSSR count). The van der Waals surface area contributed by atoms with Gasteiger partial charge in [-0.1, -0.05) is 25.1 Å². The van der Waals surface area contributed by atoms with Crippen LogP contribution in [0.25, 0.3) is 0 Å². The maximum Gasteiger partial charge on any atom is 0.225 e. The summed E-state index contributed by atoms with van der Waals surface area (Å²) in [5.74, 6) is 1.22. The first kappa shape index (κ1) is 17.8. The highest BCUT2D eigenvalue weighted by molar-refractivity contribution is 5.80. The number of likely N-dealkylation sites (tertiary alicyclic amines) is 2. The van der Waals surface area contributed by atoms with Crippen LogP contribution in [0.15, 0.2) is 30.3 Å². The zero-order chi connectivity index (χ0) is 17.6. The molecule has 25 heavy (non-hydrogen) atoms. The maximum atomic E-state index is 12.7. The molecule has 2 aliphatic rings. The van der Waals surface area contributed by atoms with Gasteiger partial charge in [0.1, 0.15) is 5.75 Å². The molecular weight excluding hydrogens is 316 g/mol. The average Bonchev–Trinajstić information content (AvgIpc) is 3.08. The van der Waals surface area contributed by atoms with E-state index in [9.17, 15) is 9.59 Å². The number of rotatable bonds is 6. The van der Waals surface area contributed by atoms with E-state index in [-0.39, 0.29) is 23.8 Å². The normalized spacial score (nSPS) is 22.1. The molecule has 2 amide bonds. The van der Waals surface area contributed by atoms with Gasteiger partial charge in [0.15, 0.2) is 0 Å². The molecule has 136 valence electrons. The molecule has 2 unspecified atom stereocenters. The zero-order valence-electron chi connectivity index (χ0n) is 15.0. The minimum atomic E-state index is -0.0586. The van der Waals surface area contributed by atoms with E-state index in [0.717, 1.165) is 38.1 Å². The smallest absolute Gasteiger partial charge is 0.225 e. The first-order valence-electron chi connectivity index (χ1n) is 9.41. The summed E-state index contributed by atoms with van der Waals surface area (Å²) < 4.78 is 5.71. The van der Waals surface area contributed by atoms with Gasteiger partial charge in [-0.2, -0.15) is 0 Å². The molecule has 0 aliphatic carbocycles. The van der Waals surface area contributed by atoms with Crippen LogP contribution in [-0.2, 0) is 9.59 Å². The monoisotopic (exact) mass is 344 g/mol. The lowest BCUT2D eigenvalue weighted by Gasteiger charge is -2.38. The summed E-state index contributed by atoms with van der Waals surface area (Å²) in [6.45, 7) is 4.86. The highest BCUT2D eigenvalue weighted by Gasteiger charge is 2.33. The number of piperidine rings is 1. The Morgan fingerprint density at radius 3 is 2.76 bits per heavy atom. The van der Waals surface area contributed by atoms with Crippen molar-refractivity contribution < 1.29 is 14.3 Å². The van der Waals surface area contributed by atoms with E-state index < -0.39 is 0 Å². The Morgan fingerprint density at radius 2 is 2.04 bits per heavy atom. The van der Waals surface area contributed by atoms with Crippen molar-refractivity contribution in [2.24, 2.45) is 5.92 Å². The third-order valence-electron chi connectivity index (χ3n) is 5.24. The van der Waals surface area contributed by atoms with Gasteiger partial charge in [-0.05, 0) is 37.8 Å². The Labute approximate surface area is 149 Å². The first-order valence-corrected chi connectivity index (χ1v) is 9.41. The van der Waals surface area contributed by atoms with Crippen LogP contribution in [0.4, 0.5) is 0 Å².